The fourth-order valence-electron chi connectivity index (χ4n) is 5.17. The first-order chi connectivity index (χ1) is 17.9. The van der Waals surface area contributed by atoms with Crippen LogP contribution in [0.3, 0.4) is 0 Å². The van der Waals surface area contributed by atoms with Crippen LogP contribution in [0.1, 0.15) is 50.7 Å². The van der Waals surface area contributed by atoms with Crippen LogP contribution in [-0.4, -0.2) is 19.6 Å². The molecular weight excluding hydrogens is 458 g/mol. The van der Waals surface area contributed by atoms with Gasteiger partial charge in [-0.25, -0.2) is 9.97 Å². The van der Waals surface area contributed by atoms with Crippen LogP contribution >= 0.6 is 0 Å². The number of benzene rings is 3. The second-order valence-corrected chi connectivity index (χ2v) is 10.1. The second-order valence-electron chi connectivity index (χ2n) is 10.1. The van der Waals surface area contributed by atoms with Crippen molar-refractivity contribution in [3.05, 3.63) is 96.2 Å². The molecule has 5 nitrogen and oxygen atoms in total. The van der Waals surface area contributed by atoms with E-state index in [1.165, 1.54) is 10.9 Å². The van der Waals surface area contributed by atoms with Gasteiger partial charge in [-0.1, -0.05) is 64.1 Å². The Labute approximate surface area is 216 Å². The third-order valence-corrected chi connectivity index (χ3v) is 6.97. The number of aromatic hydroxyl groups is 1. The second kappa shape index (κ2) is 8.93. The Hall–Kier alpha value is -4.38. The number of hydrogen-bond acceptors (Lipinski definition) is 4. The van der Waals surface area contributed by atoms with Crippen molar-refractivity contribution in [1.82, 2.24) is 14.5 Å². The summed E-state index contributed by atoms with van der Waals surface area (Å²) in [7, 11) is 0. The Balaban J connectivity index is 1.55. The normalized spacial score (nSPS) is 11.8. The number of para-hydroxylation sites is 2. The summed E-state index contributed by atoms with van der Waals surface area (Å²) in [4.78, 5) is 9.48. The Morgan fingerprint density at radius 1 is 0.730 bits per heavy atom. The summed E-state index contributed by atoms with van der Waals surface area (Å²) in [5, 5.41) is 13.7. The molecule has 0 saturated carbocycles. The predicted molar refractivity (Wildman–Crippen MR) is 150 cm³/mol. The third kappa shape index (κ3) is 3.87. The lowest BCUT2D eigenvalue weighted by Crippen LogP contribution is -2.03. The van der Waals surface area contributed by atoms with E-state index in [9.17, 15) is 5.11 Å². The van der Waals surface area contributed by atoms with Gasteiger partial charge in [0.15, 0.2) is 0 Å². The van der Waals surface area contributed by atoms with Crippen molar-refractivity contribution in [2.75, 3.05) is 0 Å². The summed E-state index contributed by atoms with van der Waals surface area (Å²) >= 11 is 0. The van der Waals surface area contributed by atoms with Gasteiger partial charge in [0.2, 0.25) is 5.88 Å². The Morgan fingerprint density at radius 3 is 2.30 bits per heavy atom. The van der Waals surface area contributed by atoms with Gasteiger partial charge in [-0.2, -0.15) is 0 Å². The maximum Gasteiger partial charge on any atom is 0.220 e. The van der Waals surface area contributed by atoms with E-state index in [2.05, 4.69) is 79.7 Å². The van der Waals surface area contributed by atoms with Crippen LogP contribution < -0.4 is 4.74 Å². The van der Waals surface area contributed by atoms with Crippen LogP contribution in [0.25, 0.3) is 38.5 Å². The molecule has 3 aromatic carbocycles. The predicted octanol–water partition coefficient (Wildman–Crippen LogP) is 8.47. The summed E-state index contributed by atoms with van der Waals surface area (Å²) in [5.41, 5.74) is 4.94. The average Bonchev–Trinajstić information content (AvgIpc) is 3.22. The molecule has 0 fully saturated rings. The highest BCUT2D eigenvalue weighted by molar-refractivity contribution is 6.09. The molecule has 0 unspecified atom stereocenters. The van der Waals surface area contributed by atoms with E-state index in [1.807, 2.05) is 36.5 Å². The van der Waals surface area contributed by atoms with Crippen molar-refractivity contribution in [3.8, 4) is 23.2 Å². The zero-order valence-corrected chi connectivity index (χ0v) is 21.4. The number of phenols is 1. The number of pyridine rings is 2. The minimum Gasteiger partial charge on any atom is -0.506 e. The number of aromatic nitrogens is 3. The summed E-state index contributed by atoms with van der Waals surface area (Å²) in [6.45, 7) is 8.64. The molecule has 0 bridgehead atoms. The Bertz CT molecular complexity index is 1780. The van der Waals surface area contributed by atoms with Crippen molar-refractivity contribution >= 4 is 32.7 Å². The molecule has 6 aromatic rings. The number of rotatable bonds is 5. The SMILES string of the molecule is CC(C)c1cccnc1-n1c2ccccc2c2ccc(Oc3cc(C(C)C)c4cccc(O)c4n3)cc21. The molecule has 5 heteroatoms. The van der Waals surface area contributed by atoms with Crippen LogP contribution in [0.4, 0.5) is 0 Å². The zero-order valence-electron chi connectivity index (χ0n) is 21.4. The highest BCUT2D eigenvalue weighted by atomic mass is 16.5. The first kappa shape index (κ1) is 23.0. The lowest BCUT2D eigenvalue weighted by atomic mass is 9.98. The molecule has 3 heterocycles. The van der Waals surface area contributed by atoms with E-state index in [-0.39, 0.29) is 11.7 Å². The van der Waals surface area contributed by atoms with Crippen LogP contribution in [0.5, 0.6) is 17.4 Å². The smallest absolute Gasteiger partial charge is 0.220 e. The van der Waals surface area contributed by atoms with Gasteiger partial charge in [-0.15, -0.1) is 0 Å². The highest BCUT2D eigenvalue weighted by Crippen LogP contribution is 2.38. The highest BCUT2D eigenvalue weighted by Gasteiger charge is 2.18. The molecule has 0 spiro atoms. The van der Waals surface area contributed by atoms with Crippen molar-refractivity contribution in [2.45, 2.75) is 39.5 Å². The van der Waals surface area contributed by atoms with E-state index in [0.717, 1.165) is 33.2 Å². The van der Waals surface area contributed by atoms with E-state index in [4.69, 9.17) is 9.72 Å². The van der Waals surface area contributed by atoms with Gasteiger partial charge in [0.05, 0.1) is 11.0 Å². The zero-order chi connectivity index (χ0) is 25.7. The van der Waals surface area contributed by atoms with E-state index >= 15 is 0 Å². The molecule has 0 aliphatic carbocycles. The van der Waals surface area contributed by atoms with Gasteiger partial charge in [0.25, 0.3) is 0 Å². The van der Waals surface area contributed by atoms with Crippen molar-refractivity contribution in [2.24, 2.45) is 0 Å². The van der Waals surface area contributed by atoms with Gasteiger partial charge in [-0.05, 0) is 53.3 Å². The molecule has 0 aliphatic rings. The Kier molecular flexibility index (Phi) is 5.56. The van der Waals surface area contributed by atoms with Crippen LogP contribution in [0.2, 0.25) is 0 Å². The molecule has 1 N–H and O–H groups in total. The lowest BCUT2D eigenvalue weighted by molar-refractivity contribution is 0.459. The minimum absolute atomic E-state index is 0.150. The Morgan fingerprint density at radius 2 is 1.49 bits per heavy atom. The van der Waals surface area contributed by atoms with E-state index in [1.54, 1.807) is 6.07 Å². The molecule has 3 aromatic heterocycles. The molecule has 0 radical (unpaired) electrons. The summed E-state index contributed by atoms with van der Waals surface area (Å²) in [6.07, 6.45) is 1.85. The molecule has 0 amide bonds. The molecule has 37 heavy (non-hydrogen) atoms. The monoisotopic (exact) mass is 487 g/mol. The molecule has 0 atom stereocenters. The molecule has 184 valence electrons. The van der Waals surface area contributed by atoms with Gasteiger partial charge in [0, 0.05) is 34.5 Å². The molecule has 0 saturated heterocycles. The van der Waals surface area contributed by atoms with Gasteiger partial charge < -0.3 is 9.84 Å². The van der Waals surface area contributed by atoms with Crippen LogP contribution in [0.15, 0.2) is 85.1 Å². The van der Waals surface area contributed by atoms with Crippen LogP contribution in [0, 0.1) is 0 Å². The first-order valence-electron chi connectivity index (χ1n) is 12.7. The van der Waals surface area contributed by atoms with Crippen molar-refractivity contribution in [1.29, 1.82) is 0 Å². The lowest BCUT2D eigenvalue weighted by Gasteiger charge is -2.15. The number of hydrogen-bond donors (Lipinski definition) is 1. The largest absolute Gasteiger partial charge is 0.506 e. The average molecular weight is 488 g/mol. The summed E-state index contributed by atoms with van der Waals surface area (Å²) in [5.74, 6) is 2.78. The number of fused-ring (bicyclic) bond motifs is 4. The molecule has 6 rings (SSSR count). The van der Waals surface area contributed by atoms with Crippen LogP contribution in [-0.2, 0) is 0 Å². The minimum atomic E-state index is 0.150. The molecular formula is C32H29N3O2. The summed E-state index contributed by atoms with van der Waals surface area (Å²) < 4.78 is 8.58. The fraction of sp³-hybridized carbons (Fsp3) is 0.188. The topological polar surface area (TPSA) is 60.2 Å². The quantitative estimate of drug-likeness (QED) is 0.265. The van der Waals surface area contributed by atoms with E-state index in [0.29, 0.717) is 23.1 Å². The first-order valence-corrected chi connectivity index (χ1v) is 12.7. The fourth-order valence-corrected chi connectivity index (χ4v) is 5.17. The number of phenolic OH excluding ortho intramolecular Hbond substituents is 1. The van der Waals surface area contributed by atoms with E-state index < -0.39 is 0 Å². The number of nitrogens with zero attached hydrogens (tertiary/aromatic N) is 3. The maximum atomic E-state index is 10.5. The van der Waals surface area contributed by atoms with Crippen molar-refractivity contribution < 1.29 is 9.84 Å². The summed E-state index contributed by atoms with van der Waals surface area (Å²) in [6, 6.07) is 26.2. The maximum absolute atomic E-state index is 10.5. The third-order valence-electron chi connectivity index (χ3n) is 6.97. The standard InChI is InChI=1S/C32H29N3O2/c1-19(2)22-11-8-16-33-32(22)35-27-12-6-5-9-23(27)24-15-14-21(17-28(24)35)37-30-18-26(20(3)4)25-10-7-13-29(36)31(25)34-30/h5-20,36H,1-4H3. The molecule has 0 aliphatic heterocycles. The van der Waals surface area contributed by atoms with Gasteiger partial charge >= 0.3 is 0 Å². The number of ether oxygens (including phenoxy) is 1. The van der Waals surface area contributed by atoms with Gasteiger partial charge in [0.1, 0.15) is 22.8 Å². The van der Waals surface area contributed by atoms with Crippen molar-refractivity contribution in [3.63, 3.8) is 0 Å². The van der Waals surface area contributed by atoms with Gasteiger partial charge in [-0.3, -0.25) is 4.57 Å².